The van der Waals surface area contributed by atoms with Gasteiger partial charge in [-0.15, -0.1) is 0 Å². The van der Waals surface area contributed by atoms with Gasteiger partial charge in [0.15, 0.2) is 0 Å². The van der Waals surface area contributed by atoms with Crippen LogP contribution in [0.5, 0.6) is 0 Å². The van der Waals surface area contributed by atoms with Crippen molar-refractivity contribution >= 4 is 40.3 Å². The van der Waals surface area contributed by atoms with Gasteiger partial charge in [-0.05, 0) is 53.1 Å². The first kappa shape index (κ1) is 16.5. The van der Waals surface area contributed by atoms with Crippen molar-refractivity contribution in [2.24, 2.45) is 0 Å². The van der Waals surface area contributed by atoms with E-state index in [1.165, 1.54) is 16.7 Å². The van der Waals surface area contributed by atoms with Crippen LogP contribution in [-0.2, 0) is 4.79 Å². The molecule has 0 aliphatic carbocycles. The molecular formula is C22H18N2OS. The fourth-order valence-corrected chi connectivity index (χ4v) is 3.92. The zero-order chi connectivity index (χ0) is 18.1. The highest BCUT2D eigenvalue weighted by Crippen LogP contribution is 2.44. The van der Waals surface area contributed by atoms with Crippen LogP contribution in [0, 0.1) is 0 Å². The van der Waals surface area contributed by atoms with Gasteiger partial charge in [0.1, 0.15) is 0 Å². The molecule has 0 unspecified atom stereocenters. The van der Waals surface area contributed by atoms with Crippen molar-refractivity contribution in [3.63, 3.8) is 0 Å². The molecule has 0 saturated heterocycles. The van der Waals surface area contributed by atoms with E-state index in [1.54, 1.807) is 11.8 Å². The van der Waals surface area contributed by atoms with Crippen molar-refractivity contribution in [2.45, 2.75) is 16.7 Å². The summed E-state index contributed by atoms with van der Waals surface area (Å²) < 4.78 is 0. The number of para-hydroxylation sites is 1. The number of nitrogens with one attached hydrogen (secondary N) is 2. The molecule has 0 bridgehead atoms. The summed E-state index contributed by atoms with van der Waals surface area (Å²) in [6.45, 7) is 5.76. The number of benzene rings is 3. The summed E-state index contributed by atoms with van der Waals surface area (Å²) in [7, 11) is 0. The summed E-state index contributed by atoms with van der Waals surface area (Å²) in [5, 5.41) is 6.29. The highest BCUT2D eigenvalue weighted by Gasteiger charge is 2.16. The fraction of sp³-hybridized carbons (Fsp3) is 0.0455. The Hall–Kier alpha value is -2.98. The van der Waals surface area contributed by atoms with Gasteiger partial charge in [-0.3, -0.25) is 4.79 Å². The summed E-state index contributed by atoms with van der Waals surface area (Å²) in [4.78, 5) is 13.6. The fourth-order valence-electron chi connectivity index (χ4n) is 2.95. The Balaban J connectivity index is 1.59. The minimum absolute atomic E-state index is 0.0740. The number of hydrogen-bond acceptors (Lipinski definition) is 3. The lowest BCUT2D eigenvalue weighted by Crippen LogP contribution is -2.05. The number of amides is 1. The number of anilines is 3. The first-order valence-corrected chi connectivity index (χ1v) is 9.17. The van der Waals surface area contributed by atoms with Crippen LogP contribution in [0.4, 0.5) is 17.1 Å². The second-order valence-electron chi connectivity index (χ2n) is 6.17. The predicted octanol–water partition coefficient (Wildman–Crippen LogP) is 5.91. The van der Waals surface area contributed by atoms with Gasteiger partial charge < -0.3 is 10.6 Å². The lowest BCUT2D eigenvalue weighted by Gasteiger charge is -2.21. The van der Waals surface area contributed by atoms with Crippen LogP contribution in [0.3, 0.4) is 0 Å². The SMILES string of the molecule is C=C(c1ccc(NC(C)=O)cc1)c1ccc2c(c1)Nc1ccccc1S2. The molecule has 1 heterocycles. The van der Waals surface area contributed by atoms with E-state index >= 15 is 0 Å². The van der Waals surface area contributed by atoms with Crippen molar-refractivity contribution in [2.75, 3.05) is 10.6 Å². The maximum Gasteiger partial charge on any atom is 0.221 e. The average molecular weight is 358 g/mol. The number of rotatable bonds is 3. The molecule has 0 atom stereocenters. The predicted molar refractivity (Wildman–Crippen MR) is 109 cm³/mol. The maximum atomic E-state index is 11.1. The quantitative estimate of drug-likeness (QED) is 0.478. The summed E-state index contributed by atoms with van der Waals surface area (Å²) >= 11 is 1.77. The molecule has 0 aromatic heterocycles. The molecule has 0 saturated carbocycles. The lowest BCUT2D eigenvalue weighted by molar-refractivity contribution is -0.114. The van der Waals surface area contributed by atoms with Gasteiger partial charge in [-0.2, -0.15) is 0 Å². The first-order valence-electron chi connectivity index (χ1n) is 8.35. The van der Waals surface area contributed by atoms with Gasteiger partial charge in [-0.25, -0.2) is 0 Å². The minimum atomic E-state index is -0.0740. The number of hydrogen-bond donors (Lipinski definition) is 2. The Labute approximate surface area is 157 Å². The van der Waals surface area contributed by atoms with Gasteiger partial charge >= 0.3 is 0 Å². The van der Waals surface area contributed by atoms with Crippen LogP contribution in [0.1, 0.15) is 18.1 Å². The van der Waals surface area contributed by atoms with Crippen LogP contribution in [0.25, 0.3) is 5.57 Å². The van der Waals surface area contributed by atoms with E-state index < -0.39 is 0 Å². The van der Waals surface area contributed by atoms with Crippen molar-refractivity contribution < 1.29 is 4.79 Å². The molecule has 128 valence electrons. The largest absolute Gasteiger partial charge is 0.354 e. The Morgan fingerprint density at radius 3 is 2.38 bits per heavy atom. The average Bonchev–Trinajstić information content (AvgIpc) is 2.65. The molecule has 2 N–H and O–H groups in total. The van der Waals surface area contributed by atoms with Crippen molar-refractivity contribution in [1.29, 1.82) is 0 Å². The van der Waals surface area contributed by atoms with Crippen LogP contribution < -0.4 is 10.6 Å². The Kier molecular flexibility index (Phi) is 4.27. The molecule has 3 aromatic carbocycles. The van der Waals surface area contributed by atoms with Gasteiger partial charge in [0.2, 0.25) is 5.91 Å². The van der Waals surface area contributed by atoms with Crippen molar-refractivity contribution in [3.8, 4) is 0 Å². The molecular weight excluding hydrogens is 340 g/mol. The molecule has 3 aromatic rings. The molecule has 3 nitrogen and oxygen atoms in total. The molecule has 0 fully saturated rings. The second kappa shape index (κ2) is 6.73. The monoisotopic (exact) mass is 358 g/mol. The normalized spacial score (nSPS) is 11.7. The zero-order valence-corrected chi connectivity index (χ0v) is 15.2. The van der Waals surface area contributed by atoms with Gasteiger partial charge in [0.25, 0.3) is 0 Å². The van der Waals surface area contributed by atoms with E-state index in [1.807, 2.05) is 30.3 Å². The van der Waals surface area contributed by atoms with Crippen molar-refractivity contribution in [3.05, 3.63) is 84.4 Å². The Bertz CT molecular complexity index is 1010. The minimum Gasteiger partial charge on any atom is -0.354 e. The summed E-state index contributed by atoms with van der Waals surface area (Å²) in [6.07, 6.45) is 0. The summed E-state index contributed by atoms with van der Waals surface area (Å²) in [5.41, 5.74) is 6.07. The van der Waals surface area contributed by atoms with E-state index in [4.69, 9.17) is 0 Å². The molecule has 0 radical (unpaired) electrons. The third-order valence-electron chi connectivity index (χ3n) is 4.26. The summed E-state index contributed by atoms with van der Waals surface area (Å²) in [5.74, 6) is -0.0740. The van der Waals surface area contributed by atoms with Crippen molar-refractivity contribution in [1.82, 2.24) is 0 Å². The Morgan fingerprint density at radius 1 is 0.923 bits per heavy atom. The molecule has 1 aliphatic rings. The zero-order valence-electron chi connectivity index (χ0n) is 14.4. The van der Waals surface area contributed by atoms with E-state index in [0.717, 1.165) is 33.8 Å². The van der Waals surface area contributed by atoms with E-state index in [0.29, 0.717) is 0 Å². The summed E-state index contributed by atoms with van der Waals surface area (Å²) in [6, 6.07) is 22.4. The second-order valence-corrected chi connectivity index (χ2v) is 7.26. The van der Waals surface area contributed by atoms with Crippen LogP contribution in [0.2, 0.25) is 0 Å². The van der Waals surface area contributed by atoms with E-state index in [2.05, 4.69) is 53.6 Å². The standard InChI is InChI=1S/C22H18N2OS/c1-14(16-7-10-18(11-8-16)23-15(2)25)17-9-12-22-20(13-17)24-19-5-3-4-6-21(19)26-22/h3-13,24H,1H2,2H3,(H,23,25). The van der Waals surface area contributed by atoms with Crippen LogP contribution >= 0.6 is 11.8 Å². The highest BCUT2D eigenvalue weighted by atomic mass is 32.2. The smallest absolute Gasteiger partial charge is 0.221 e. The maximum absolute atomic E-state index is 11.1. The molecule has 1 aliphatic heterocycles. The number of carbonyl (C=O) groups excluding carboxylic acids is 1. The topological polar surface area (TPSA) is 41.1 Å². The number of carbonyl (C=O) groups is 1. The first-order chi connectivity index (χ1) is 12.6. The highest BCUT2D eigenvalue weighted by molar-refractivity contribution is 7.99. The molecule has 1 amide bonds. The van der Waals surface area contributed by atoms with Gasteiger partial charge in [-0.1, -0.05) is 48.7 Å². The lowest BCUT2D eigenvalue weighted by atomic mass is 9.99. The molecule has 0 spiro atoms. The third-order valence-corrected chi connectivity index (χ3v) is 5.41. The van der Waals surface area contributed by atoms with E-state index in [-0.39, 0.29) is 5.91 Å². The van der Waals surface area contributed by atoms with Crippen LogP contribution in [-0.4, -0.2) is 5.91 Å². The Morgan fingerprint density at radius 2 is 1.62 bits per heavy atom. The van der Waals surface area contributed by atoms with Gasteiger partial charge in [0, 0.05) is 22.4 Å². The third kappa shape index (κ3) is 3.24. The van der Waals surface area contributed by atoms with Crippen LogP contribution in [0.15, 0.2) is 83.1 Å². The number of fused-ring (bicyclic) bond motifs is 2. The van der Waals surface area contributed by atoms with Gasteiger partial charge in [0.05, 0.1) is 11.4 Å². The molecule has 4 heteroatoms. The van der Waals surface area contributed by atoms with E-state index in [9.17, 15) is 4.79 Å². The molecule has 4 rings (SSSR count). The molecule has 26 heavy (non-hydrogen) atoms.